The number of ether oxygens (including phenoxy) is 1. The Balaban J connectivity index is 1.38. The molecule has 6 nitrogen and oxygen atoms in total. The molecule has 2 fully saturated rings. The summed E-state index contributed by atoms with van der Waals surface area (Å²) in [5.41, 5.74) is 8.34. The first-order chi connectivity index (χ1) is 15.1. The molecule has 1 aliphatic heterocycles. The van der Waals surface area contributed by atoms with E-state index < -0.39 is 5.60 Å². The molecule has 32 heavy (non-hydrogen) atoms. The van der Waals surface area contributed by atoms with Gasteiger partial charge in [0.1, 0.15) is 17.2 Å². The highest BCUT2D eigenvalue weighted by atomic mass is 16.7. The Bertz CT molecular complexity index is 1060. The van der Waals surface area contributed by atoms with E-state index in [9.17, 15) is 5.11 Å². The first kappa shape index (κ1) is 21.7. The number of hydrogen-bond acceptors (Lipinski definition) is 5. The van der Waals surface area contributed by atoms with Gasteiger partial charge in [-0.05, 0) is 42.5 Å². The third-order valence-corrected chi connectivity index (χ3v) is 7.97. The van der Waals surface area contributed by atoms with Crippen LogP contribution in [0.15, 0.2) is 42.6 Å². The molecule has 2 atom stereocenters. The summed E-state index contributed by atoms with van der Waals surface area (Å²) in [6.45, 7) is 9.34. The van der Waals surface area contributed by atoms with Crippen LogP contribution in [0, 0.1) is 10.8 Å². The quantitative estimate of drug-likeness (QED) is 0.759. The van der Waals surface area contributed by atoms with Crippen LogP contribution >= 0.6 is 0 Å². The van der Waals surface area contributed by atoms with Gasteiger partial charge in [0, 0.05) is 35.3 Å². The van der Waals surface area contributed by atoms with Crippen molar-refractivity contribution in [2.24, 2.45) is 16.6 Å². The Kier molecular flexibility index (Phi) is 5.04. The molecule has 3 aliphatic rings. The molecule has 0 radical (unpaired) electrons. The number of fused-ring (bicyclic) bond motifs is 1. The number of hydrogen-bond donors (Lipinski definition) is 2. The van der Waals surface area contributed by atoms with Crippen molar-refractivity contribution in [1.82, 2.24) is 9.94 Å². The molecular weight excluding hydrogens is 402 g/mol. The lowest BCUT2D eigenvalue weighted by molar-refractivity contribution is -0.206. The number of nitrogens with zero attached hydrogens (tertiary/aromatic N) is 2. The van der Waals surface area contributed by atoms with Gasteiger partial charge in [0.15, 0.2) is 0 Å². The summed E-state index contributed by atoms with van der Waals surface area (Å²) < 4.78 is 5.85. The number of allylic oxidation sites excluding steroid dienone is 2. The average Bonchev–Trinajstić information content (AvgIpc) is 3.20. The molecule has 5 rings (SSSR count). The minimum atomic E-state index is -0.918. The van der Waals surface area contributed by atoms with Crippen LogP contribution in [0.1, 0.15) is 58.9 Å². The van der Waals surface area contributed by atoms with Crippen molar-refractivity contribution in [3.8, 4) is 0 Å². The van der Waals surface area contributed by atoms with Gasteiger partial charge >= 0.3 is 0 Å². The van der Waals surface area contributed by atoms with Gasteiger partial charge in [0.2, 0.25) is 0 Å². The van der Waals surface area contributed by atoms with Gasteiger partial charge < -0.3 is 20.4 Å². The first-order valence-corrected chi connectivity index (χ1v) is 11.8. The Morgan fingerprint density at radius 2 is 1.97 bits per heavy atom. The third-order valence-electron chi connectivity index (χ3n) is 7.97. The molecule has 2 unspecified atom stereocenters. The molecule has 172 valence electrons. The van der Waals surface area contributed by atoms with E-state index in [2.05, 4.69) is 57.1 Å². The van der Waals surface area contributed by atoms with Crippen molar-refractivity contribution in [2.45, 2.75) is 77.2 Å². The molecule has 1 aromatic carbocycles. The van der Waals surface area contributed by atoms with Crippen LogP contribution in [-0.2, 0) is 4.74 Å². The van der Waals surface area contributed by atoms with E-state index in [0.29, 0.717) is 6.42 Å². The zero-order valence-electron chi connectivity index (χ0n) is 19.5. The van der Waals surface area contributed by atoms with Crippen molar-refractivity contribution >= 4 is 16.5 Å². The van der Waals surface area contributed by atoms with Crippen LogP contribution in [0.2, 0.25) is 0 Å². The molecule has 2 aromatic rings. The summed E-state index contributed by atoms with van der Waals surface area (Å²) >= 11 is 0. The van der Waals surface area contributed by atoms with E-state index in [4.69, 9.17) is 15.3 Å². The van der Waals surface area contributed by atoms with Gasteiger partial charge in [-0.3, -0.25) is 0 Å². The average molecular weight is 438 g/mol. The summed E-state index contributed by atoms with van der Waals surface area (Å²) in [5, 5.41) is 16.6. The van der Waals surface area contributed by atoms with Crippen LogP contribution < -0.4 is 10.6 Å². The predicted octanol–water partition coefficient (Wildman–Crippen LogP) is 3.87. The maximum absolute atomic E-state index is 11.1. The summed E-state index contributed by atoms with van der Waals surface area (Å²) in [7, 11) is 0. The SMILES string of the molecule is CC1(C)C(N)C(C)(C)C1On1ncc2ccc(C3=CCC(O)(C4CCCCO4)C=C3)cc21. The molecule has 2 aliphatic carbocycles. The Labute approximate surface area is 190 Å². The highest BCUT2D eigenvalue weighted by Crippen LogP contribution is 2.53. The number of aromatic nitrogens is 2. The number of nitrogens with two attached hydrogens (primary N) is 1. The van der Waals surface area contributed by atoms with E-state index in [1.165, 1.54) is 0 Å². The first-order valence-electron chi connectivity index (χ1n) is 11.8. The maximum Gasteiger partial charge on any atom is 0.140 e. The number of rotatable bonds is 4. The fraction of sp³-hybridized carbons (Fsp3) is 0.577. The topological polar surface area (TPSA) is 82.5 Å². The van der Waals surface area contributed by atoms with Crippen molar-refractivity contribution in [3.63, 3.8) is 0 Å². The van der Waals surface area contributed by atoms with E-state index in [1.54, 1.807) is 4.85 Å². The normalized spacial score (nSPS) is 33.6. The molecule has 0 amide bonds. The van der Waals surface area contributed by atoms with Crippen LogP contribution in [0.3, 0.4) is 0 Å². The second-order valence-electron chi connectivity index (χ2n) is 10.9. The zero-order valence-corrected chi connectivity index (χ0v) is 19.5. The van der Waals surface area contributed by atoms with Crippen molar-refractivity contribution in [2.75, 3.05) is 6.61 Å². The van der Waals surface area contributed by atoms with Crippen LogP contribution in [-0.4, -0.2) is 45.5 Å². The van der Waals surface area contributed by atoms with Crippen molar-refractivity contribution < 1.29 is 14.7 Å². The minimum absolute atomic E-state index is 0.0314. The standard InChI is InChI=1S/C26H35N3O3/c1-24(2)22(27)25(3,4)23(24)32-29-20-15-18(8-9-19(20)16-28-29)17-10-12-26(30,13-11-17)21-7-5-6-14-31-21/h8-12,15-16,21-23,30H,5-7,13-14,27H2,1-4H3. The van der Waals surface area contributed by atoms with E-state index >= 15 is 0 Å². The van der Waals surface area contributed by atoms with Crippen molar-refractivity contribution in [3.05, 3.63) is 48.2 Å². The molecule has 6 heteroatoms. The van der Waals surface area contributed by atoms with Crippen LogP contribution in [0.5, 0.6) is 0 Å². The Morgan fingerprint density at radius 1 is 1.19 bits per heavy atom. The summed E-state index contributed by atoms with van der Waals surface area (Å²) in [6.07, 6.45) is 11.4. The molecule has 1 saturated carbocycles. The number of aliphatic hydroxyl groups is 1. The largest absolute Gasteiger partial charge is 0.392 e. The Morgan fingerprint density at radius 3 is 2.62 bits per heavy atom. The lowest BCUT2D eigenvalue weighted by atomic mass is 9.50. The van der Waals surface area contributed by atoms with Gasteiger partial charge in [0.25, 0.3) is 0 Å². The van der Waals surface area contributed by atoms with E-state index in [-0.39, 0.29) is 29.1 Å². The fourth-order valence-electron chi connectivity index (χ4n) is 6.01. The summed E-state index contributed by atoms with van der Waals surface area (Å²) in [4.78, 5) is 8.04. The van der Waals surface area contributed by atoms with Gasteiger partial charge in [-0.1, -0.05) is 56.8 Å². The second-order valence-corrected chi connectivity index (χ2v) is 10.9. The zero-order chi connectivity index (χ0) is 22.7. The van der Waals surface area contributed by atoms with Gasteiger partial charge in [-0.15, -0.1) is 5.10 Å². The van der Waals surface area contributed by atoms with Crippen LogP contribution in [0.4, 0.5) is 0 Å². The van der Waals surface area contributed by atoms with Gasteiger partial charge in [0.05, 0.1) is 12.3 Å². The molecular formula is C26H35N3O3. The van der Waals surface area contributed by atoms with E-state index in [0.717, 1.165) is 47.9 Å². The monoisotopic (exact) mass is 437 g/mol. The summed E-state index contributed by atoms with van der Waals surface area (Å²) in [6, 6.07) is 6.35. The molecule has 0 bridgehead atoms. The molecule has 1 saturated heterocycles. The van der Waals surface area contributed by atoms with Gasteiger partial charge in [-0.2, -0.15) is 0 Å². The molecule has 1 aromatic heterocycles. The molecule has 3 N–H and O–H groups in total. The fourth-order valence-corrected chi connectivity index (χ4v) is 6.01. The lowest BCUT2D eigenvalue weighted by Gasteiger charge is -2.60. The summed E-state index contributed by atoms with van der Waals surface area (Å²) in [5.74, 6) is 0. The maximum atomic E-state index is 11.1. The third kappa shape index (κ3) is 3.31. The van der Waals surface area contributed by atoms with Gasteiger partial charge in [-0.25, -0.2) is 0 Å². The highest BCUT2D eigenvalue weighted by Gasteiger charge is 2.62. The lowest BCUT2D eigenvalue weighted by Crippen LogP contribution is -2.73. The predicted molar refractivity (Wildman–Crippen MR) is 126 cm³/mol. The number of benzene rings is 1. The highest BCUT2D eigenvalue weighted by molar-refractivity contribution is 5.85. The van der Waals surface area contributed by atoms with Crippen molar-refractivity contribution in [1.29, 1.82) is 0 Å². The Hall–Kier alpha value is -2.15. The smallest absolute Gasteiger partial charge is 0.140 e. The van der Waals surface area contributed by atoms with E-state index in [1.807, 2.05) is 18.3 Å². The molecule has 2 heterocycles. The second kappa shape index (κ2) is 7.44. The molecule has 0 spiro atoms. The minimum Gasteiger partial charge on any atom is -0.392 e. The van der Waals surface area contributed by atoms with Crippen LogP contribution in [0.25, 0.3) is 16.5 Å².